The number of hydrogen-bond donors (Lipinski definition) is 0. The molecule has 0 rings (SSSR count). The number of rotatable bonds is 2. The Morgan fingerprint density at radius 1 is 1.27 bits per heavy atom. The molecule has 0 fully saturated rings. The van der Waals surface area contributed by atoms with Gasteiger partial charge < -0.3 is 0 Å². The molecular formula is C7H13Cl3Se. The van der Waals surface area contributed by atoms with Gasteiger partial charge in [-0.05, 0) is 0 Å². The topological polar surface area (TPSA) is 0 Å². The Hall–Kier alpha value is 1.13. The average molecular weight is 282 g/mol. The third kappa shape index (κ3) is 4.05. The second-order valence-electron chi connectivity index (χ2n) is 2.78. The first-order valence-corrected chi connectivity index (χ1v) is 10.8. The van der Waals surface area contributed by atoms with E-state index >= 15 is 0 Å². The third-order valence-electron chi connectivity index (χ3n) is 1.38. The fraction of sp³-hybridized carbons (Fsp3) is 0.714. The van der Waals surface area contributed by atoms with Gasteiger partial charge in [0.25, 0.3) is 0 Å². The molecule has 0 nitrogen and oxygen atoms in total. The van der Waals surface area contributed by atoms with Gasteiger partial charge in [0.15, 0.2) is 0 Å². The summed E-state index contributed by atoms with van der Waals surface area (Å²) in [5.41, 5.74) is 0. The summed E-state index contributed by atoms with van der Waals surface area (Å²) in [5, 5.41) is 0.817. The van der Waals surface area contributed by atoms with E-state index in [1.54, 1.807) is 0 Å². The van der Waals surface area contributed by atoms with Crippen LogP contribution in [0.5, 0.6) is 0 Å². The van der Waals surface area contributed by atoms with Crippen LogP contribution in [-0.4, -0.2) is 11.0 Å². The molecule has 0 aliphatic carbocycles. The maximum atomic E-state index is 6.00. The maximum absolute atomic E-state index is 6.00. The van der Waals surface area contributed by atoms with Gasteiger partial charge in [0.2, 0.25) is 0 Å². The molecule has 4 heteroatoms. The van der Waals surface area contributed by atoms with Crippen molar-refractivity contribution >= 4 is 42.8 Å². The minimum absolute atomic E-state index is 0.325. The molecule has 0 spiro atoms. The fourth-order valence-electron chi connectivity index (χ4n) is 0.578. The van der Waals surface area contributed by atoms with Crippen LogP contribution in [-0.2, 0) is 0 Å². The molecule has 0 atom stereocenters. The SMILES string of the molecule is C/C(=C(/Cl)C(C)C)[Se](C)(Cl)Cl. The number of allylic oxidation sites excluding steroid dienone is 2. The van der Waals surface area contributed by atoms with Gasteiger partial charge in [0.1, 0.15) is 0 Å². The first kappa shape index (κ1) is 12.1. The van der Waals surface area contributed by atoms with Crippen molar-refractivity contribution in [2.24, 2.45) is 5.92 Å². The van der Waals surface area contributed by atoms with Crippen LogP contribution in [0.15, 0.2) is 9.50 Å². The van der Waals surface area contributed by atoms with Gasteiger partial charge in [-0.25, -0.2) is 0 Å². The first-order chi connectivity index (χ1) is 4.76. The zero-order chi connectivity index (χ0) is 9.23. The molecule has 0 heterocycles. The van der Waals surface area contributed by atoms with E-state index in [1.807, 2.05) is 26.6 Å². The van der Waals surface area contributed by atoms with Crippen LogP contribution in [0.1, 0.15) is 20.8 Å². The molecule has 0 bridgehead atoms. The molecule has 68 valence electrons. The summed E-state index contributed by atoms with van der Waals surface area (Å²) >= 11 is 3.64. The van der Waals surface area contributed by atoms with Gasteiger partial charge in [-0.2, -0.15) is 0 Å². The quantitative estimate of drug-likeness (QED) is 0.664. The average Bonchev–Trinajstić information content (AvgIpc) is 1.82. The molecule has 0 saturated heterocycles. The summed E-state index contributed by atoms with van der Waals surface area (Å²) in [4.78, 5) is 0. The van der Waals surface area contributed by atoms with E-state index in [2.05, 4.69) is 0 Å². The number of hydrogen-bond acceptors (Lipinski definition) is 0. The van der Waals surface area contributed by atoms with Gasteiger partial charge in [0, 0.05) is 0 Å². The van der Waals surface area contributed by atoms with E-state index in [-0.39, 0.29) is 0 Å². The molecule has 0 aromatic heterocycles. The van der Waals surface area contributed by atoms with E-state index in [4.69, 9.17) is 31.8 Å². The molecule has 0 aliphatic heterocycles. The zero-order valence-electron chi connectivity index (χ0n) is 7.12. The van der Waals surface area contributed by atoms with Gasteiger partial charge in [-0.3, -0.25) is 0 Å². The Morgan fingerprint density at radius 2 is 1.64 bits per heavy atom. The fourth-order valence-corrected chi connectivity index (χ4v) is 3.87. The summed E-state index contributed by atoms with van der Waals surface area (Å²) in [5.74, 6) is 2.20. The monoisotopic (exact) mass is 282 g/mol. The van der Waals surface area contributed by atoms with Crippen molar-refractivity contribution in [1.82, 2.24) is 0 Å². The molecule has 0 N–H and O–H groups in total. The predicted molar refractivity (Wildman–Crippen MR) is 56.7 cm³/mol. The summed E-state index contributed by atoms with van der Waals surface area (Å²) in [6.45, 7) is 5.98. The summed E-state index contributed by atoms with van der Waals surface area (Å²) < 4.78 is 0.987. The normalized spacial score (nSPS) is 16.7. The number of halogens is 3. The van der Waals surface area contributed by atoms with Gasteiger partial charge in [-0.15, -0.1) is 0 Å². The Kier molecular flexibility index (Phi) is 4.84. The molecule has 0 saturated carbocycles. The van der Waals surface area contributed by atoms with Crippen molar-refractivity contribution in [3.63, 3.8) is 0 Å². The van der Waals surface area contributed by atoms with Crippen LogP contribution in [0.25, 0.3) is 0 Å². The molecule has 0 aliphatic rings. The minimum atomic E-state index is -2.36. The van der Waals surface area contributed by atoms with Crippen molar-refractivity contribution in [3.8, 4) is 0 Å². The molecule has 0 amide bonds. The van der Waals surface area contributed by atoms with E-state index in [0.29, 0.717) is 5.92 Å². The van der Waals surface area contributed by atoms with Gasteiger partial charge in [-0.1, -0.05) is 0 Å². The molecule has 0 unspecified atom stereocenters. The second-order valence-corrected chi connectivity index (χ2v) is 14.8. The van der Waals surface area contributed by atoms with Gasteiger partial charge in [0.05, 0.1) is 0 Å². The van der Waals surface area contributed by atoms with Crippen LogP contribution < -0.4 is 0 Å². The van der Waals surface area contributed by atoms with Gasteiger partial charge >= 0.3 is 84.8 Å². The first-order valence-electron chi connectivity index (χ1n) is 3.30. The molecule has 0 radical (unpaired) electrons. The third-order valence-corrected chi connectivity index (χ3v) is 7.48. The summed E-state index contributed by atoms with van der Waals surface area (Å²) in [6.07, 6.45) is 0. The van der Waals surface area contributed by atoms with E-state index in [9.17, 15) is 0 Å². The standard InChI is InChI=1S/C7H13Cl3Se/c1-5(2)7(8)6(3)11(4,9)10/h5H,1-4H3/b7-6-. The summed E-state index contributed by atoms with van der Waals surface area (Å²) in [7, 11) is 12.0. The molecule has 0 aromatic rings. The summed E-state index contributed by atoms with van der Waals surface area (Å²) in [6, 6.07) is 0. The molecule has 0 aromatic carbocycles. The van der Waals surface area contributed by atoms with Crippen molar-refractivity contribution in [3.05, 3.63) is 9.50 Å². The van der Waals surface area contributed by atoms with E-state index in [0.717, 1.165) is 9.50 Å². The van der Waals surface area contributed by atoms with Crippen molar-refractivity contribution in [2.45, 2.75) is 26.6 Å². The van der Waals surface area contributed by atoms with E-state index in [1.165, 1.54) is 0 Å². The van der Waals surface area contributed by atoms with Crippen LogP contribution in [0.3, 0.4) is 0 Å². The zero-order valence-corrected chi connectivity index (χ0v) is 11.1. The van der Waals surface area contributed by atoms with Crippen LogP contribution in [0.4, 0.5) is 0 Å². The van der Waals surface area contributed by atoms with Crippen molar-refractivity contribution < 1.29 is 0 Å². The Balaban J connectivity index is 4.67. The van der Waals surface area contributed by atoms with Crippen LogP contribution in [0.2, 0.25) is 5.82 Å². The molecular weight excluding hydrogens is 269 g/mol. The van der Waals surface area contributed by atoms with Crippen LogP contribution in [0, 0.1) is 5.92 Å². The molecule has 11 heavy (non-hydrogen) atoms. The van der Waals surface area contributed by atoms with E-state index < -0.39 is 11.0 Å². The Labute approximate surface area is 84.6 Å². The Morgan fingerprint density at radius 3 is 1.73 bits per heavy atom. The predicted octanol–water partition coefficient (Wildman–Crippen LogP) is 4.24. The van der Waals surface area contributed by atoms with Crippen molar-refractivity contribution in [2.75, 3.05) is 0 Å². The second kappa shape index (κ2) is 4.39. The van der Waals surface area contributed by atoms with Crippen molar-refractivity contribution in [1.29, 1.82) is 0 Å². The van der Waals surface area contributed by atoms with Crippen LogP contribution >= 0.6 is 31.8 Å². The Bertz CT molecular complexity index is 167.